The van der Waals surface area contributed by atoms with Gasteiger partial charge in [-0.3, -0.25) is 0 Å². The van der Waals surface area contributed by atoms with Gasteiger partial charge in [-0.15, -0.1) is 0 Å². The molecule has 96 valence electrons. The number of hydrogen-bond donors (Lipinski definition) is 2. The summed E-state index contributed by atoms with van der Waals surface area (Å²) in [4.78, 5) is 3.59. The number of nitrogens with one attached hydrogen (secondary N) is 1. The van der Waals surface area contributed by atoms with Gasteiger partial charge in [0.15, 0.2) is 23.3 Å². The first kappa shape index (κ1) is 12.8. The SMILES string of the molecule is N#Cc1ccc(CNc2nc(N)c(F)cc2F)cc1. The van der Waals surface area contributed by atoms with Crippen LogP contribution in [0.25, 0.3) is 0 Å². The lowest BCUT2D eigenvalue weighted by molar-refractivity contribution is 0.579. The van der Waals surface area contributed by atoms with Gasteiger partial charge in [0.1, 0.15) is 0 Å². The molecule has 0 amide bonds. The van der Waals surface area contributed by atoms with Crippen molar-refractivity contribution in [3.63, 3.8) is 0 Å². The highest BCUT2D eigenvalue weighted by Gasteiger charge is 2.09. The number of nitrogens with two attached hydrogens (primary N) is 1. The molecule has 0 aliphatic heterocycles. The van der Waals surface area contributed by atoms with Gasteiger partial charge < -0.3 is 11.1 Å². The third kappa shape index (κ3) is 2.96. The van der Waals surface area contributed by atoms with Crippen LogP contribution in [0, 0.1) is 23.0 Å². The molecule has 0 unspecified atom stereocenters. The van der Waals surface area contributed by atoms with Crippen LogP contribution in [0.2, 0.25) is 0 Å². The zero-order chi connectivity index (χ0) is 13.8. The second-order valence-corrected chi connectivity index (χ2v) is 3.85. The average molecular weight is 260 g/mol. The Bertz CT molecular complexity index is 632. The van der Waals surface area contributed by atoms with Crippen molar-refractivity contribution < 1.29 is 8.78 Å². The number of nitrogens with zero attached hydrogens (tertiary/aromatic N) is 2. The van der Waals surface area contributed by atoms with Crippen LogP contribution in [0.15, 0.2) is 30.3 Å². The fourth-order valence-electron chi connectivity index (χ4n) is 1.49. The van der Waals surface area contributed by atoms with Crippen LogP contribution in [0.3, 0.4) is 0 Å². The van der Waals surface area contributed by atoms with E-state index in [9.17, 15) is 8.78 Å². The molecule has 1 aromatic carbocycles. The third-order valence-corrected chi connectivity index (χ3v) is 2.50. The maximum atomic E-state index is 13.4. The predicted molar refractivity (Wildman–Crippen MR) is 67.0 cm³/mol. The maximum absolute atomic E-state index is 13.4. The lowest BCUT2D eigenvalue weighted by Gasteiger charge is -2.08. The van der Waals surface area contributed by atoms with E-state index in [0.29, 0.717) is 18.2 Å². The Morgan fingerprint density at radius 2 is 1.89 bits per heavy atom. The molecule has 0 saturated carbocycles. The summed E-state index contributed by atoms with van der Waals surface area (Å²) in [5.41, 5.74) is 6.64. The van der Waals surface area contributed by atoms with Crippen LogP contribution in [0.4, 0.5) is 20.4 Å². The second kappa shape index (κ2) is 5.31. The molecule has 2 rings (SSSR count). The van der Waals surface area contributed by atoms with Crippen molar-refractivity contribution in [1.82, 2.24) is 4.98 Å². The van der Waals surface area contributed by atoms with Crippen molar-refractivity contribution in [1.29, 1.82) is 5.26 Å². The van der Waals surface area contributed by atoms with Crippen molar-refractivity contribution in [2.24, 2.45) is 0 Å². The average Bonchev–Trinajstić information content (AvgIpc) is 2.42. The van der Waals surface area contributed by atoms with Crippen molar-refractivity contribution in [3.05, 3.63) is 53.1 Å². The Balaban J connectivity index is 2.10. The highest BCUT2D eigenvalue weighted by atomic mass is 19.1. The molecule has 0 aliphatic carbocycles. The van der Waals surface area contributed by atoms with Crippen LogP contribution < -0.4 is 11.1 Å². The Labute approximate surface area is 108 Å². The quantitative estimate of drug-likeness (QED) is 0.888. The molecule has 0 saturated heterocycles. The molecule has 0 aliphatic rings. The van der Waals surface area contributed by atoms with E-state index < -0.39 is 11.6 Å². The minimum atomic E-state index is -0.888. The van der Waals surface area contributed by atoms with Crippen LogP contribution in [0.5, 0.6) is 0 Å². The number of nitrogen functional groups attached to an aromatic ring is 1. The molecule has 0 spiro atoms. The Morgan fingerprint density at radius 1 is 1.21 bits per heavy atom. The zero-order valence-electron chi connectivity index (χ0n) is 9.82. The summed E-state index contributed by atoms with van der Waals surface area (Å²) in [6.45, 7) is 0.292. The van der Waals surface area contributed by atoms with E-state index in [4.69, 9.17) is 11.0 Å². The molecule has 4 nitrogen and oxygen atoms in total. The highest BCUT2D eigenvalue weighted by Crippen LogP contribution is 2.17. The molecule has 3 N–H and O–H groups in total. The molecule has 0 radical (unpaired) electrons. The number of aromatic nitrogens is 1. The first-order valence-electron chi connectivity index (χ1n) is 5.44. The number of hydrogen-bond acceptors (Lipinski definition) is 4. The lowest BCUT2D eigenvalue weighted by atomic mass is 10.1. The standard InChI is InChI=1S/C13H10F2N4/c14-10-5-11(15)13(19-12(10)17)18-7-9-3-1-8(6-16)2-4-9/h1-5H,7H2,(H3,17,18,19). The van der Waals surface area contributed by atoms with Gasteiger partial charge in [0.2, 0.25) is 0 Å². The molecular formula is C13H10F2N4. The van der Waals surface area contributed by atoms with Crippen molar-refractivity contribution in [3.8, 4) is 6.07 Å². The van der Waals surface area contributed by atoms with Crippen LogP contribution in [0.1, 0.15) is 11.1 Å². The van der Waals surface area contributed by atoms with Crippen LogP contribution in [-0.4, -0.2) is 4.98 Å². The molecule has 0 fully saturated rings. The van der Waals surface area contributed by atoms with E-state index in [-0.39, 0.29) is 11.6 Å². The summed E-state index contributed by atoms with van der Waals surface area (Å²) in [5.74, 6) is -2.16. The normalized spacial score (nSPS) is 9.95. The smallest absolute Gasteiger partial charge is 0.168 e. The summed E-state index contributed by atoms with van der Waals surface area (Å²) in [5, 5.41) is 11.4. The summed E-state index contributed by atoms with van der Waals surface area (Å²) in [7, 11) is 0. The summed E-state index contributed by atoms with van der Waals surface area (Å²) >= 11 is 0. The molecule has 1 aromatic heterocycles. The highest BCUT2D eigenvalue weighted by molar-refractivity contribution is 5.45. The molecule has 19 heavy (non-hydrogen) atoms. The van der Waals surface area contributed by atoms with E-state index in [2.05, 4.69) is 10.3 Å². The Morgan fingerprint density at radius 3 is 2.53 bits per heavy atom. The summed E-state index contributed by atoms with van der Waals surface area (Å²) < 4.78 is 26.3. The van der Waals surface area contributed by atoms with Gasteiger partial charge in [-0.05, 0) is 17.7 Å². The van der Waals surface area contributed by atoms with E-state index in [1.54, 1.807) is 24.3 Å². The van der Waals surface area contributed by atoms with Gasteiger partial charge in [0, 0.05) is 12.6 Å². The van der Waals surface area contributed by atoms with Crippen molar-refractivity contribution in [2.75, 3.05) is 11.1 Å². The van der Waals surface area contributed by atoms with E-state index in [1.807, 2.05) is 6.07 Å². The summed E-state index contributed by atoms with van der Waals surface area (Å²) in [6.07, 6.45) is 0. The second-order valence-electron chi connectivity index (χ2n) is 3.85. The molecule has 2 aromatic rings. The van der Waals surface area contributed by atoms with Gasteiger partial charge in [-0.1, -0.05) is 12.1 Å². The van der Waals surface area contributed by atoms with Gasteiger partial charge in [0.05, 0.1) is 11.6 Å². The third-order valence-electron chi connectivity index (χ3n) is 2.50. The lowest BCUT2D eigenvalue weighted by Crippen LogP contribution is -2.06. The largest absolute Gasteiger partial charge is 0.381 e. The monoisotopic (exact) mass is 260 g/mol. The molecule has 6 heteroatoms. The summed E-state index contributed by atoms with van der Waals surface area (Å²) in [6, 6.07) is 9.45. The van der Waals surface area contributed by atoms with Gasteiger partial charge in [0.25, 0.3) is 0 Å². The fourth-order valence-corrected chi connectivity index (χ4v) is 1.49. The predicted octanol–water partition coefficient (Wildman–Crippen LogP) is 2.43. The Hall–Kier alpha value is -2.68. The van der Waals surface area contributed by atoms with Gasteiger partial charge in [-0.25, -0.2) is 13.8 Å². The van der Waals surface area contributed by atoms with Crippen LogP contribution >= 0.6 is 0 Å². The molecular weight excluding hydrogens is 250 g/mol. The first-order valence-corrected chi connectivity index (χ1v) is 5.44. The van der Waals surface area contributed by atoms with Crippen molar-refractivity contribution in [2.45, 2.75) is 6.54 Å². The van der Waals surface area contributed by atoms with E-state index >= 15 is 0 Å². The molecule has 0 atom stereocenters. The minimum absolute atomic E-state index is 0.108. The topological polar surface area (TPSA) is 74.7 Å². The number of halogens is 2. The fraction of sp³-hybridized carbons (Fsp3) is 0.0769. The van der Waals surface area contributed by atoms with E-state index in [1.165, 1.54) is 0 Å². The maximum Gasteiger partial charge on any atom is 0.168 e. The number of nitriles is 1. The zero-order valence-corrected chi connectivity index (χ0v) is 9.82. The first-order chi connectivity index (χ1) is 9.10. The van der Waals surface area contributed by atoms with Crippen molar-refractivity contribution >= 4 is 11.6 Å². The number of anilines is 2. The number of benzene rings is 1. The van der Waals surface area contributed by atoms with E-state index in [0.717, 1.165) is 5.56 Å². The minimum Gasteiger partial charge on any atom is -0.381 e. The molecule has 1 heterocycles. The number of pyridine rings is 1. The van der Waals surface area contributed by atoms with Gasteiger partial charge >= 0.3 is 0 Å². The van der Waals surface area contributed by atoms with Gasteiger partial charge in [-0.2, -0.15) is 5.26 Å². The Kier molecular flexibility index (Phi) is 3.57. The molecule has 0 bridgehead atoms. The van der Waals surface area contributed by atoms with Crippen LogP contribution in [-0.2, 0) is 6.54 Å². The number of rotatable bonds is 3.